The second-order valence-electron chi connectivity index (χ2n) is 6.19. The zero-order chi connectivity index (χ0) is 18.4. The molecule has 5 rings (SSSR count). The molecule has 0 saturated carbocycles. The minimum Gasteiger partial charge on any atom is -0.328 e. The number of hydrogen-bond donors (Lipinski definition) is 0. The van der Waals surface area contributed by atoms with Gasteiger partial charge in [-0.05, 0) is 34.1 Å². The molecule has 0 N–H and O–H groups in total. The molecule has 0 aliphatic carbocycles. The van der Waals surface area contributed by atoms with E-state index in [1.807, 2.05) is 22.9 Å². The molecule has 134 valence electrons. The molecule has 1 amide bonds. The molecule has 0 unspecified atom stereocenters. The van der Waals surface area contributed by atoms with Crippen LogP contribution in [0.5, 0.6) is 0 Å². The quantitative estimate of drug-likeness (QED) is 0.486. The van der Waals surface area contributed by atoms with E-state index in [1.54, 1.807) is 27.9 Å². The summed E-state index contributed by atoms with van der Waals surface area (Å²) in [4.78, 5) is 22.7. The largest absolute Gasteiger partial charge is 0.328 e. The van der Waals surface area contributed by atoms with E-state index < -0.39 is 0 Å². The van der Waals surface area contributed by atoms with Gasteiger partial charge < -0.3 is 9.47 Å². The van der Waals surface area contributed by atoms with Gasteiger partial charge in [-0.1, -0.05) is 0 Å². The zero-order valence-electron chi connectivity index (χ0n) is 14.0. The molecule has 10 heteroatoms. The van der Waals surface area contributed by atoms with Gasteiger partial charge in [0.25, 0.3) is 5.91 Å². The van der Waals surface area contributed by atoms with Crippen LogP contribution in [0.15, 0.2) is 47.6 Å². The van der Waals surface area contributed by atoms with Gasteiger partial charge in [0.15, 0.2) is 17.3 Å². The first-order valence-corrected chi connectivity index (χ1v) is 9.10. The number of hydrogen-bond acceptors (Lipinski definition) is 6. The number of fused-ring (bicyclic) bond motifs is 2. The Bertz CT molecular complexity index is 1150. The van der Waals surface area contributed by atoms with Crippen LogP contribution in [0.4, 0.5) is 0 Å². The molecule has 5 heterocycles. The summed E-state index contributed by atoms with van der Waals surface area (Å²) < 4.78 is 4.60. The number of halogens is 1. The van der Waals surface area contributed by atoms with Gasteiger partial charge in [-0.25, -0.2) is 14.5 Å². The molecular formula is C17H13BrN8O. The minimum atomic E-state index is -0.117. The third-order valence-corrected chi connectivity index (χ3v) is 4.97. The van der Waals surface area contributed by atoms with Crippen molar-refractivity contribution in [3.8, 4) is 11.4 Å². The van der Waals surface area contributed by atoms with Crippen molar-refractivity contribution in [2.24, 2.45) is 0 Å². The molecule has 0 atom stereocenters. The lowest BCUT2D eigenvalue weighted by molar-refractivity contribution is 0.0701. The highest BCUT2D eigenvalue weighted by atomic mass is 79.9. The zero-order valence-corrected chi connectivity index (χ0v) is 15.6. The monoisotopic (exact) mass is 424 g/mol. The fourth-order valence-electron chi connectivity index (χ4n) is 3.19. The van der Waals surface area contributed by atoms with Crippen LogP contribution in [0.3, 0.4) is 0 Å². The Hall–Kier alpha value is -3.14. The molecule has 1 aliphatic heterocycles. The van der Waals surface area contributed by atoms with Crippen molar-refractivity contribution in [3.63, 3.8) is 0 Å². The first-order valence-electron chi connectivity index (χ1n) is 8.31. The molecular weight excluding hydrogens is 412 g/mol. The molecule has 27 heavy (non-hydrogen) atoms. The lowest BCUT2D eigenvalue weighted by Crippen LogP contribution is -2.38. The highest BCUT2D eigenvalue weighted by Crippen LogP contribution is 2.22. The van der Waals surface area contributed by atoms with E-state index in [1.165, 1.54) is 6.33 Å². The standard InChI is InChI=1S/C17H13BrN8O/c18-12-1-2-13-5-14(23-26(13)8-12)17(27)24-3-4-25-15(9-24)21-22-16(25)11-6-19-10-20-7-11/h1-2,5-8,10H,3-4,9H2. The van der Waals surface area contributed by atoms with Gasteiger partial charge in [0.2, 0.25) is 0 Å². The van der Waals surface area contributed by atoms with Crippen LogP contribution in [-0.2, 0) is 13.1 Å². The normalized spacial score (nSPS) is 13.7. The predicted octanol–water partition coefficient (Wildman–Crippen LogP) is 1.80. The molecule has 9 nitrogen and oxygen atoms in total. The van der Waals surface area contributed by atoms with E-state index in [9.17, 15) is 4.79 Å². The van der Waals surface area contributed by atoms with Gasteiger partial charge in [0.1, 0.15) is 6.33 Å². The van der Waals surface area contributed by atoms with Crippen LogP contribution in [0.1, 0.15) is 16.3 Å². The maximum atomic E-state index is 12.9. The van der Waals surface area contributed by atoms with Gasteiger partial charge in [0.05, 0.1) is 17.6 Å². The van der Waals surface area contributed by atoms with Gasteiger partial charge in [-0.3, -0.25) is 4.79 Å². The van der Waals surface area contributed by atoms with E-state index in [-0.39, 0.29) is 5.91 Å². The van der Waals surface area contributed by atoms with Crippen LogP contribution in [0, 0.1) is 0 Å². The fourth-order valence-corrected chi connectivity index (χ4v) is 3.51. The molecule has 1 aliphatic rings. The molecule has 0 bridgehead atoms. The third-order valence-electron chi connectivity index (χ3n) is 4.50. The fraction of sp³-hybridized carbons (Fsp3) is 0.176. The summed E-state index contributed by atoms with van der Waals surface area (Å²) >= 11 is 3.41. The molecule has 0 spiro atoms. The predicted molar refractivity (Wildman–Crippen MR) is 98.7 cm³/mol. The SMILES string of the molecule is O=C(c1cc2ccc(Br)cn2n1)N1CCn2c(nnc2-c2cncnc2)C1. The Morgan fingerprint density at radius 3 is 2.81 bits per heavy atom. The Morgan fingerprint density at radius 2 is 1.96 bits per heavy atom. The van der Waals surface area contributed by atoms with Crippen LogP contribution < -0.4 is 0 Å². The van der Waals surface area contributed by atoms with Gasteiger partial charge in [-0.2, -0.15) is 5.10 Å². The number of rotatable bonds is 2. The maximum absolute atomic E-state index is 12.9. The van der Waals surface area contributed by atoms with Crippen molar-refractivity contribution in [2.75, 3.05) is 6.54 Å². The van der Waals surface area contributed by atoms with Crippen molar-refractivity contribution in [2.45, 2.75) is 13.1 Å². The smallest absolute Gasteiger partial charge is 0.274 e. The summed E-state index contributed by atoms with van der Waals surface area (Å²) in [5, 5.41) is 12.9. The lowest BCUT2D eigenvalue weighted by atomic mass is 10.2. The van der Waals surface area contributed by atoms with Crippen molar-refractivity contribution in [1.29, 1.82) is 0 Å². The Labute approximate surface area is 161 Å². The van der Waals surface area contributed by atoms with Crippen molar-refractivity contribution in [3.05, 3.63) is 59.1 Å². The molecule has 0 radical (unpaired) electrons. The van der Waals surface area contributed by atoms with Crippen molar-refractivity contribution >= 4 is 27.4 Å². The van der Waals surface area contributed by atoms with E-state index in [2.05, 4.69) is 41.2 Å². The summed E-state index contributed by atoms with van der Waals surface area (Å²) in [5.74, 6) is 1.34. The Kier molecular flexibility index (Phi) is 3.71. The van der Waals surface area contributed by atoms with E-state index in [0.717, 1.165) is 27.2 Å². The Balaban J connectivity index is 1.42. The average Bonchev–Trinajstić information content (AvgIpc) is 3.31. The van der Waals surface area contributed by atoms with Crippen molar-refractivity contribution < 1.29 is 4.79 Å². The van der Waals surface area contributed by atoms with E-state index >= 15 is 0 Å². The second kappa shape index (κ2) is 6.23. The van der Waals surface area contributed by atoms with Crippen LogP contribution in [-0.4, -0.2) is 51.7 Å². The van der Waals surface area contributed by atoms with E-state index in [0.29, 0.717) is 25.3 Å². The van der Waals surface area contributed by atoms with E-state index in [4.69, 9.17) is 0 Å². The second-order valence-corrected chi connectivity index (χ2v) is 7.11. The highest BCUT2D eigenvalue weighted by molar-refractivity contribution is 9.10. The summed E-state index contributed by atoms with van der Waals surface area (Å²) in [6, 6.07) is 5.62. The summed E-state index contributed by atoms with van der Waals surface area (Å²) in [6.07, 6.45) is 6.71. The molecule has 0 fully saturated rings. The third kappa shape index (κ3) is 2.78. The highest BCUT2D eigenvalue weighted by Gasteiger charge is 2.27. The minimum absolute atomic E-state index is 0.117. The van der Waals surface area contributed by atoms with Gasteiger partial charge in [0, 0.05) is 36.2 Å². The Morgan fingerprint density at radius 1 is 1.11 bits per heavy atom. The summed E-state index contributed by atoms with van der Waals surface area (Å²) in [7, 11) is 0. The average molecular weight is 425 g/mol. The van der Waals surface area contributed by atoms with Crippen molar-refractivity contribution in [1.82, 2.24) is 39.2 Å². The van der Waals surface area contributed by atoms with Crippen LogP contribution in [0.2, 0.25) is 0 Å². The summed E-state index contributed by atoms with van der Waals surface area (Å²) in [5.41, 5.74) is 2.09. The first-order chi connectivity index (χ1) is 13.2. The molecule has 0 saturated heterocycles. The lowest BCUT2D eigenvalue weighted by Gasteiger charge is -2.27. The van der Waals surface area contributed by atoms with Gasteiger partial charge in [-0.15, -0.1) is 10.2 Å². The number of amides is 1. The molecule has 4 aromatic rings. The number of carbonyl (C=O) groups excluding carboxylic acids is 1. The molecule has 4 aromatic heterocycles. The van der Waals surface area contributed by atoms with Gasteiger partial charge >= 0.3 is 0 Å². The van der Waals surface area contributed by atoms with Crippen LogP contribution in [0.25, 0.3) is 16.9 Å². The number of nitrogens with zero attached hydrogens (tertiary/aromatic N) is 8. The first kappa shape index (κ1) is 16.1. The summed E-state index contributed by atoms with van der Waals surface area (Å²) in [6.45, 7) is 1.55. The number of aromatic nitrogens is 7. The van der Waals surface area contributed by atoms with Crippen LogP contribution >= 0.6 is 15.9 Å². The maximum Gasteiger partial charge on any atom is 0.274 e. The molecule has 0 aromatic carbocycles. The topological polar surface area (TPSA) is 94.1 Å². The number of pyridine rings is 1. The number of carbonyl (C=O) groups is 1.